The first-order chi connectivity index (χ1) is 11.6. The van der Waals surface area contributed by atoms with Crippen molar-refractivity contribution in [2.75, 3.05) is 25.5 Å². The van der Waals surface area contributed by atoms with Crippen molar-refractivity contribution in [3.05, 3.63) is 35.4 Å². The van der Waals surface area contributed by atoms with Gasteiger partial charge in [0, 0.05) is 18.2 Å². The number of nitrogens with zero attached hydrogens (tertiary/aromatic N) is 3. The molecule has 0 bridgehead atoms. The third-order valence-electron chi connectivity index (χ3n) is 4.70. The molecule has 0 spiro atoms. The summed E-state index contributed by atoms with van der Waals surface area (Å²) >= 11 is 0. The van der Waals surface area contributed by atoms with Crippen molar-refractivity contribution >= 4 is 5.82 Å². The van der Waals surface area contributed by atoms with E-state index in [-0.39, 0.29) is 5.75 Å². The summed E-state index contributed by atoms with van der Waals surface area (Å²) < 4.78 is 0. The lowest BCUT2D eigenvalue weighted by molar-refractivity contribution is 0.260. The van der Waals surface area contributed by atoms with Crippen LogP contribution in [0.25, 0.3) is 11.3 Å². The number of piperidine rings is 1. The molecule has 1 aliphatic rings. The molecule has 128 valence electrons. The SMILES string of the molecule is CCc1ccc(-c2cc(C)c(N[C@@H]3CCCN(C)C3)nn2)c(O)c1. The van der Waals surface area contributed by atoms with Gasteiger partial charge in [0.2, 0.25) is 0 Å². The Bertz CT molecular complexity index is 717. The first-order valence-corrected chi connectivity index (χ1v) is 8.68. The Labute approximate surface area is 143 Å². The highest BCUT2D eigenvalue weighted by molar-refractivity contribution is 5.68. The molecule has 5 heteroatoms. The average Bonchev–Trinajstić information content (AvgIpc) is 2.57. The fraction of sp³-hybridized carbons (Fsp3) is 0.474. The lowest BCUT2D eigenvalue weighted by Crippen LogP contribution is -2.40. The Hall–Kier alpha value is -2.14. The molecule has 1 aromatic carbocycles. The number of anilines is 1. The molecule has 0 amide bonds. The number of likely N-dealkylation sites (tertiary alicyclic amines) is 1. The van der Waals surface area contributed by atoms with Gasteiger partial charge in [-0.2, -0.15) is 0 Å². The maximum absolute atomic E-state index is 10.2. The van der Waals surface area contributed by atoms with Gasteiger partial charge in [0.15, 0.2) is 5.82 Å². The first-order valence-electron chi connectivity index (χ1n) is 8.68. The molecule has 0 saturated carbocycles. The molecule has 2 aromatic rings. The number of likely N-dealkylation sites (N-methyl/N-ethyl adjacent to an activating group) is 1. The predicted molar refractivity (Wildman–Crippen MR) is 97.4 cm³/mol. The molecule has 5 nitrogen and oxygen atoms in total. The molecule has 0 radical (unpaired) electrons. The normalized spacial score (nSPS) is 18.5. The summed E-state index contributed by atoms with van der Waals surface area (Å²) in [5, 5.41) is 22.4. The van der Waals surface area contributed by atoms with E-state index in [4.69, 9.17) is 0 Å². The van der Waals surface area contributed by atoms with E-state index in [1.165, 1.54) is 6.42 Å². The number of hydrogen-bond donors (Lipinski definition) is 2. The molecular weight excluding hydrogens is 300 g/mol. The number of aryl methyl sites for hydroxylation is 2. The monoisotopic (exact) mass is 326 g/mol. The van der Waals surface area contributed by atoms with Gasteiger partial charge in [-0.15, -0.1) is 10.2 Å². The van der Waals surface area contributed by atoms with Crippen molar-refractivity contribution in [2.24, 2.45) is 0 Å². The third kappa shape index (κ3) is 3.67. The summed E-state index contributed by atoms with van der Waals surface area (Å²) in [6, 6.07) is 8.15. The van der Waals surface area contributed by atoms with Crippen LogP contribution in [0.15, 0.2) is 24.3 Å². The van der Waals surface area contributed by atoms with Crippen LogP contribution in [0.5, 0.6) is 5.75 Å². The largest absolute Gasteiger partial charge is 0.507 e. The van der Waals surface area contributed by atoms with Gasteiger partial charge in [0.1, 0.15) is 5.75 Å². The summed E-state index contributed by atoms with van der Waals surface area (Å²) in [6.07, 6.45) is 3.26. The number of aromatic nitrogens is 2. The van der Waals surface area contributed by atoms with Gasteiger partial charge in [0.05, 0.1) is 5.69 Å². The van der Waals surface area contributed by atoms with Crippen LogP contribution in [0.1, 0.15) is 30.9 Å². The number of rotatable bonds is 4. The molecule has 1 aliphatic heterocycles. The van der Waals surface area contributed by atoms with E-state index >= 15 is 0 Å². The highest BCUT2D eigenvalue weighted by Gasteiger charge is 2.18. The summed E-state index contributed by atoms with van der Waals surface area (Å²) in [4.78, 5) is 2.34. The number of nitrogens with one attached hydrogen (secondary N) is 1. The smallest absolute Gasteiger partial charge is 0.151 e. The minimum Gasteiger partial charge on any atom is -0.507 e. The number of benzene rings is 1. The first kappa shape index (κ1) is 16.7. The van der Waals surface area contributed by atoms with E-state index in [0.29, 0.717) is 11.7 Å². The van der Waals surface area contributed by atoms with Crippen molar-refractivity contribution in [3.63, 3.8) is 0 Å². The van der Waals surface area contributed by atoms with Gasteiger partial charge in [0.25, 0.3) is 0 Å². The molecule has 0 aliphatic carbocycles. The molecule has 1 aromatic heterocycles. The van der Waals surface area contributed by atoms with Gasteiger partial charge in [-0.1, -0.05) is 13.0 Å². The van der Waals surface area contributed by atoms with Crippen LogP contribution in [0, 0.1) is 6.92 Å². The second-order valence-corrected chi connectivity index (χ2v) is 6.71. The number of aromatic hydroxyl groups is 1. The Morgan fingerprint density at radius 2 is 2.12 bits per heavy atom. The zero-order valence-electron chi connectivity index (χ0n) is 14.7. The van der Waals surface area contributed by atoms with Crippen LogP contribution in [0.3, 0.4) is 0 Å². The molecule has 2 heterocycles. The molecule has 24 heavy (non-hydrogen) atoms. The predicted octanol–water partition coefficient (Wildman–Crippen LogP) is 3.23. The molecule has 3 rings (SSSR count). The Kier molecular flexibility index (Phi) is 5.00. The summed E-state index contributed by atoms with van der Waals surface area (Å²) in [5.74, 6) is 1.10. The van der Waals surface area contributed by atoms with E-state index < -0.39 is 0 Å². The van der Waals surface area contributed by atoms with Crippen molar-refractivity contribution in [1.29, 1.82) is 0 Å². The lowest BCUT2D eigenvalue weighted by atomic mass is 10.0. The van der Waals surface area contributed by atoms with Crippen LogP contribution in [0.2, 0.25) is 0 Å². The topological polar surface area (TPSA) is 61.3 Å². The minimum absolute atomic E-state index is 0.262. The third-order valence-corrected chi connectivity index (χ3v) is 4.70. The van der Waals surface area contributed by atoms with Crippen LogP contribution >= 0.6 is 0 Å². The fourth-order valence-corrected chi connectivity index (χ4v) is 3.25. The van der Waals surface area contributed by atoms with E-state index in [1.54, 1.807) is 6.07 Å². The number of phenols is 1. The van der Waals surface area contributed by atoms with E-state index in [0.717, 1.165) is 48.4 Å². The molecule has 2 N–H and O–H groups in total. The van der Waals surface area contributed by atoms with Crippen molar-refractivity contribution in [2.45, 2.75) is 39.2 Å². The highest BCUT2D eigenvalue weighted by Crippen LogP contribution is 2.30. The van der Waals surface area contributed by atoms with Crippen molar-refractivity contribution < 1.29 is 5.11 Å². The Morgan fingerprint density at radius 3 is 2.79 bits per heavy atom. The van der Waals surface area contributed by atoms with E-state index in [1.807, 2.05) is 25.1 Å². The summed E-state index contributed by atoms with van der Waals surface area (Å²) in [7, 11) is 2.15. The highest BCUT2D eigenvalue weighted by atomic mass is 16.3. The maximum atomic E-state index is 10.2. The Morgan fingerprint density at radius 1 is 1.29 bits per heavy atom. The molecule has 0 unspecified atom stereocenters. The second-order valence-electron chi connectivity index (χ2n) is 6.71. The van der Waals surface area contributed by atoms with Crippen LogP contribution < -0.4 is 5.32 Å². The van der Waals surface area contributed by atoms with Gasteiger partial charge in [-0.25, -0.2) is 0 Å². The van der Waals surface area contributed by atoms with Crippen LogP contribution in [-0.4, -0.2) is 46.4 Å². The summed E-state index contributed by atoms with van der Waals surface area (Å²) in [5.41, 5.74) is 3.60. The van der Waals surface area contributed by atoms with Gasteiger partial charge in [-0.3, -0.25) is 0 Å². The fourth-order valence-electron chi connectivity index (χ4n) is 3.25. The van der Waals surface area contributed by atoms with Gasteiger partial charge < -0.3 is 15.3 Å². The molecule has 1 fully saturated rings. The molecular formula is C19H26N4O. The number of hydrogen-bond acceptors (Lipinski definition) is 5. The van der Waals surface area contributed by atoms with Crippen LogP contribution in [0.4, 0.5) is 5.82 Å². The second kappa shape index (κ2) is 7.18. The van der Waals surface area contributed by atoms with Gasteiger partial charge in [-0.05, 0) is 69.1 Å². The zero-order valence-corrected chi connectivity index (χ0v) is 14.7. The molecule has 1 atom stereocenters. The van der Waals surface area contributed by atoms with Gasteiger partial charge >= 0.3 is 0 Å². The quantitative estimate of drug-likeness (QED) is 0.903. The van der Waals surface area contributed by atoms with E-state index in [9.17, 15) is 5.11 Å². The molecule has 1 saturated heterocycles. The average molecular weight is 326 g/mol. The van der Waals surface area contributed by atoms with Crippen LogP contribution in [-0.2, 0) is 6.42 Å². The lowest BCUT2D eigenvalue weighted by Gasteiger charge is -2.30. The van der Waals surface area contributed by atoms with Crippen molar-refractivity contribution in [1.82, 2.24) is 15.1 Å². The Balaban J connectivity index is 1.79. The van der Waals surface area contributed by atoms with E-state index in [2.05, 4.69) is 34.4 Å². The number of phenolic OH excluding ortho intramolecular Hbond substituents is 1. The standard InChI is InChI=1S/C19H26N4O/c1-4-14-7-8-16(18(24)11-14)17-10-13(2)19(22-21-17)20-15-6-5-9-23(3)12-15/h7-8,10-11,15,24H,4-6,9,12H2,1-3H3,(H,20,22)/t15-/m1/s1. The maximum Gasteiger partial charge on any atom is 0.151 e. The van der Waals surface area contributed by atoms with Crippen molar-refractivity contribution in [3.8, 4) is 17.0 Å². The minimum atomic E-state index is 0.262. The summed E-state index contributed by atoms with van der Waals surface area (Å²) in [6.45, 7) is 6.29. The zero-order chi connectivity index (χ0) is 17.1.